The first-order valence-corrected chi connectivity index (χ1v) is 4.22. The third kappa shape index (κ3) is 1.80. The van der Waals surface area contributed by atoms with Crippen molar-refractivity contribution in [2.45, 2.75) is 13.5 Å². The molecular formula is C7H10N2O2S. The van der Waals surface area contributed by atoms with Crippen molar-refractivity contribution in [1.29, 1.82) is 0 Å². The molecule has 0 atom stereocenters. The van der Waals surface area contributed by atoms with Crippen molar-refractivity contribution in [3.05, 3.63) is 15.6 Å². The standard InChI is InChI=1S/C7H10N2O2S/c1-4-6(7(8)10)12-5(9-4)3-11-2/h3H2,1-2H3,(H2,8,10). The van der Waals surface area contributed by atoms with Crippen LogP contribution in [0, 0.1) is 6.92 Å². The number of methoxy groups -OCH3 is 1. The van der Waals surface area contributed by atoms with Gasteiger partial charge in [-0.1, -0.05) is 0 Å². The molecule has 12 heavy (non-hydrogen) atoms. The van der Waals surface area contributed by atoms with E-state index in [1.54, 1.807) is 14.0 Å². The van der Waals surface area contributed by atoms with Crippen molar-refractivity contribution in [3.8, 4) is 0 Å². The molecule has 4 nitrogen and oxygen atoms in total. The number of thiazole rings is 1. The molecule has 0 aliphatic carbocycles. The third-order valence-electron chi connectivity index (χ3n) is 1.33. The molecule has 1 heterocycles. The zero-order valence-corrected chi connectivity index (χ0v) is 7.77. The molecule has 0 aromatic carbocycles. The van der Waals surface area contributed by atoms with E-state index in [2.05, 4.69) is 4.98 Å². The third-order valence-corrected chi connectivity index (χ3v) is 2.48. The lowest BCUT2D eigenvalue weighted by atomic mass is 10.4. The van der Waals surface area contributed by atoms with E-state index in [4.69, 9.17) is 10.5 Å². The lowest BCUT2D eigenvalue weighted by Gasteiger charge is -1.88. The van der Waals surface area contributed by atoms with E-state index < -0.39 is 5.91 Å². The Bertz CT molecular complexity index is 296. The number of aryl methyl sites for hydroxylation is 1. The second-order valence-electron chi connectivity index (χ2n) is 2.32. The molecule has 0 unspecified atom stereocenters. The van der Waals surface area contributed by atoms with Crippen LogP contribution in [0.25, 0.3) is 0 Å². The van der Waals surface area contributed by atoms with Gasteiger partial charge >= 0.3 is 0 Å². The highest BCUT2D eigenvalue weighted by atomic mass is 32.1. The zero-order valence-electron chi connectivity index (χ0n) is 6.96. The minimum absolute atomic E-state index is 0.424. The number of amides is 1. The Balaban J connectivity index is 2.92. The molecule has 0 aliphatic rings. The van der Waals surface area contributed by atoms with Crippen molar-refractivity contribution < 1.29 is 9.53 Å². The summed E-state index contributed by atoms with van der Waals surface area (Å²) >= 11 is 1.28. The average molecular weight is 186 g/mol. The monoisotopic (exact) mass is 186 g/mol. The largest absolute Gasteiger partial charge is 0.378 e. The van der Waals surface area contributed by atoms with Gasteiger partial charge in [0.05, 0.1) is 12.3 Å². The maximum absolute atomic E-state index is 10.8. The first-order valence-electron chi connectivity index (χ1n) is 3.40. The summed E-state index contributed by atoms with van der Waals surface area (Å²) in [7, 11) is 1.58. The SMILES string of the molecule is COCc1nc(C)c(C(N)=O)s1. The van der Waals surface area contributed by atoms with Crippen LogP contribution in [0.5, 0.6) is 0 Å². The minimum atomic E-state index is -0.424. The van der Waals surface area contributed by atoms with E-state index in [-0.39, 0.29) is 0 Å². The summed E-state index contributed by atoms with van der Waals surface area (Å²) in [6, 6.07) is 0. The molecule has 0 fully saturated rings. The normalized spacial score (nSPS) is 10.2. The van der Waals surface area contributed by atoms with E-state index >= 15 is 0 Å². The summed E-state index contributed by atoms with van der Waals surface area (Å²) < 4.78 is 4.87. The molecule has 0 saturated carbocycles. The first kappa shape index (κ1) is 9.15. The topological polar surface area (TPSA) is 65.2 Å². The van der Waals surface area contributed by atoms with Gasteiger partial charge in [-0.25, -0.2) is 4.98 Å². The van der Waals surface area contributed by atoms with Crippen LogP contribution in [-0.4, -0.2) is 18.0 Å². The highest BCUT2D eigenvalue weighted by Crippen LogP contribution is 2.17. The fraction of sp³-hybridized carbons (Fsp3) is 0.429. The van der Waals surface area contributed by atoms with Crippen molar-refractivity contribution in [1.82, 2.24) is 4.98 Å². The van der Waals surface area contributed by atoms with Gasteiger partial charge in [-0.05, 0) is 6.92 Å². The molecule has 2 N–H and O–H groups in total. The Labute approximate surface area is 74.4 Å². The molecule has 0 aliphatic heterocycles. The van der Waals surface area contributed by atoms with E-state index in [0.29, 0.717) is 17.2 Å². The number of carbonyl (C=O) groups is 1. The molecule has 1 amide bonds. The second-order valence-corrected chi connectivity index (χ2v) is 3.40. The van der Waals surface area contributed by atoms with Gasteiger partial charge in [-0.15, -0.1) is 11.3 Å². The smallest absolute Gasteiger partial charge is 0.260 e. The molecule has 66 valence electrons. The van der Waals surface area contributed by atoms with Crippen molar-refractivity contribution >= 4 is 17.2 Å². The maximum Gasteiger partial charge on any atom is 0.260 e. The van der Waals surface area contributed by atoms with Crippen molar-refractivity contribution in [3.63, 3.8) is 0 Å². The van der Waals surface area contributed by atoms with Crippen LogP contribution in [0.15, 0.2) is 0 Å². The lowest BCUT2D eigenvalue weighted by Crippen LogP contribution is -2.09. The molecule has 0 spiro atoms. The molecule has 0 saturated heterocycles. The van der Waals surface area contributed by atoms with Crippen LogP contribution in [0.4, 0.5) is 0 Å². The number of primary amides is 1. The fourth-order valence-electron chi connectivity index (χ4n) is 0.866. The van der Waals surface area contributed by atoms with Crippen LogP contribution in [-0.2, 0) is 11.3 Å². The average Bonchev–Trinajstić information content (AvgIpc) is 2.32. The number of carbonyl (C=O) groups excluding carboxylic acids is 1. The van der Waals surface area contributed by atoms with E-state index in [1.165, 1.54) is 11.3 Å². The van der Waals surface area contributed by atoms with Gasteiger partial charge in [0.25, 0.3) is 5.91 Å². The van der Waals surface area contributed by atoms with E-state index in [9.17, 15) is 4.79 Å². The Hall–Kier alpha value is -0.940. The summed E-state index contributed by atoms with van der Waals surface area (Å²) in [6.07, 6.45) is 0. The summed E-state index contributed by atoms with van der Waals surface area (Å²) in [5.41, 5.74) is 5.79. The predicted molar refractivity (Wildman–Crippen MR) is 46.1 cm³/mol. The number of aromatic nitrogens is 1. The van der Waals surface area contributed by atoms with Gasteiger partial charge in [-0.3, -0.25) is 4.79 Å². The molecule has 5 heteroatoms. The van der Waals surface area contributed by atoms with Crippen LogP contribution in [0.1, 0.15) is 20.4 Å². The minimum Gasteiger partial charge on any atom is -0.378 e. The molecule has 1 aromatic heterocycles. The summed E-state index contributed by atoms with van der Waals surface area (Å²) in [5.74, 6) is -0.424. The van der Waals surface area contributed by atoms with Crippen molar-refractivity contribution in [2.24, 2.45) is 5.73 Å². The predicted octanol–water partition coefficient (Wildman–Crippen LogP) is 0.697. The Morgan fingerprint density at radius 1 is 1.75 bits per heavy atom. The van der Waals surface area contributed by atoms with Gasteiger partial charge < -0.3 is 10.5 Å². The maximum atomic E-state index is 10.8. The van der Waals surface area contributed by atoms with Gasteiger partial charge in [0.2, 0.25) is 0 Å². The van der Waals surface area contributed by atoms with Gasteiger partial charge in [0, 0.05) is 7.11 Å². The quantitative estimate of drug-likeness (QED) is 0.755. The number of ether oxygens (including phenoxy) is 1. The molecular weight excluding hydrogens is 176 g/mol. The lowest BCUT2D eigenvalue weighted by molar-refractivity contribution is 0.100. The number of hydrogen-bond acceptors (Lipinski definition) is 4. The van der Waals surface area contributed by atoms with Crippen molar-refractivity contribution in [2.75, 3.05) is 7.11 Å². The Morgan fingerprint density at radius 2 is 2.42 bits per heavy atom. The van der Waals surface area contributed by atoms with E-state index in [1.807, 2.05) is 0 Å². The summed E-state index contributed by atoms with van der Waals surface area (Å²) in [5, 5.41) is 0.781. The van der Waals surface area contributed by atoms with Crippen LogP contribution in [0.2, 0.25) is 0 Å². The number of hydrogen-bond donors (Lipinski definition) is 1. The highest BCUT2D eigenvalue weighted by Gasteiger charge is 2.11. The van der Waals surface area contributed by atoms with E-state index in [0.717, 1.165) is 5.01 Å². The molecule has 1 aromatic rings. The van der Waals surface area contributed by atoms with Gasteiger partial charge in [-0.2, -0.15) is 0 Å². The second kappa shape index (κ2) is 3.64. The fourth-order valence-corrected chi connectivity index (χ4v) is 1.76. The van der Waals surface area contributed by atoms with Gasteiger partial charge in [0.1, 0.15) is 9.88 Å². The van der Waals surface area contributed by atoms with Crippen LogP contribution in [0.3, 0.4) is 0 Å². The molecule has 0 radical (unpaired) electrons. The molecule has 0 bridgehead atoms. The Morgan fingerprint density at radius 3 is 2.83 bits per heavy atom. The number of rotatable bonds is 3. The summed E-state index contributed by atoms with van der Waals surface area (Å²) in [6.45, 7) is 2.19. The summed E-state index contributed by atoms with van der Waals surface area (Å²) in [4.78, 5) is 15.4. The number of nitrogens with zero attached hydrogens (tertiary/aromatic N) is 1. The first-order chi connectivity index (χ1) is 5.65. The highest BCUT2D eigenvalue weighted by molar-refractivity contribution is 7.13. The zero-order chi connectivity index (χ0) is 9.14. The molecule has 1 rings (SSSR count). The number of nitrogens with two attached hydrogens (primary N) is 1. The Kier molecular flexibility index (Phi) is 2.78. The van der Waals surface area contributed by atoms with Gasteiger partial charge in [0.15, 0.2) is 0 Å². The van der Waals surface area contributed by atoms with Crippen LogP contribution < -0.4 is 5.73 Å². The van der Waals surface area contributed by atoms with Crippen LogP contribution >= 0.6 is 11.3 Å².